The van der Waals surface area contributed by atoms with Gasteiger partial charge in [0.05, 0.1) is 12.5 Å². The van der Waals surface area contributed by atoms with E-state index in [-0.39, 0.29) is 17.9 Å². The van der Waals surface area contributed by atoms with Crippen LogP contribution in [-0.4, -0.2) is 30.0 Å². The minimum absolute atomic E-state index is 0.0254. The molecule has 27 heavy (non-hydrogen) atoms. The fraction of sp³-hybridized carbons (Fsp3) is 0.381. The summed E-state index contributed by atoms with van der Waals surface area (Å²) in [5.74, 6) is 0.202. The number of amides is 2. The third kappa shape index (κ3) is 5.62. The number of anilines is 1. The highest BCUT2D eigenvalue weighted by Gasteiger charge is 2.27. The quantitative estimate of drug-likeness (QED) is 0.823. The molecule has 2 N–H and O–H groups in total. The molecule has 1 aromatic heterocycles. The molecule has 142 valence electrons. The number of carbonyl (C=O) groups is 2. The Morgan fingerprint density at radius 2 is 1.93 bits per heavy atom. The van der Waals surface area contributed by atoms with E-state index in [0.717, 1.165) is 42.9 Å². The maximum Gasteiger partial charge on any atom is 0.224 e. The second-order valence-corrected chi connectivity index (χ2v) is 6.84. The molecular weight excluding hydrogens is 342 g/mol. The number of rotatable bonds is 6. The number of hydrogen-bond acceptors (Lipinski definition) is 4. The lowest BCUT2D eigenvalue weighted by atomic mass is 9.87. The number of aromatic nitrogens is 1. The Hall–Kier alpha value is -2.73. The average molecular weight is 367 g/mol. The first kappa shape index (κ1) is 19.0. The zero-order valence-electron chi connectivity index (χ0n) is 15.5. The largest absolute Gasteiger partial charge is 0.381 e. The molecule has 1 saturated heterocycles. The summed E-state index contributed by atoms with van der Waals surface area (Å²) in [6, 6.07) is 11.2. The Morgan fingerprint density at radius 1 is 1.19 bits per heavy atom. The zero-order chi connectivity index (χ0) is 19.1. The lowest BCUT2D eigenvalue weighted by molar-refractivity contribution is -0.122. The lowest BCUT2D eigenvalue weighted by Gasteiger charge is -2.31. The van der Waals surface area contributed by atoms with Crippen molar-refractivity contribution in [1.29, 1.82) is 0 Å². The van der Waals surface area contributed by atoms with E-state index in [1.165, 1.54) is 6.92 Å². The number of hydrogen-bond donors (Lipinski definition) is 2. The van der Waals surface area contributed by atoms with E-state index in [2.05, 4.69) is 15.6 Å². The van der Waals surface area contributed by atoms with Crippen LogP contribution in [0.5, 0.6) is 0 Å². The summed E-state index contributed by atoms with van der Waals surface area (Å²) in [7, 11) is 0. The maximum absolute atomic E-state index is 12.7. The van der Waals surface area contributed by atoms with Gasteiger partial charge in [-0.15, -0.1) is 0 Å². The van der Waals surface area contributed by atoms with Crippen LogP contribution in [0.2, 0.25) is 0 Å². The first-order valence-corrected chi connectivity index (χ1v) is 9.25. The highest BCUT2D eigenvalue weighted by atomic mass is 16.5. The van der Waals surface area contributed by atoms with E-state index in [9.17, 15) is 9.59 Å². The van der Waals surface area contributed by atoms with E-state index in [4.69, 9.17) is 4.74 Å². The number of nitrogens with zero attached hydrogens (tertiary/aromatic N) is 1. The average Bonchev–Trinajstić information content (AvgIpc) is 2.69. The molecule has 2 aromatic rings. The highest BCUT2D eigenvalue weighted by molar-refractivity contribution is 5.88. The van der Waals surface area contributed by atoms with Crippen molar-refractivity contribution in [2.24, 2.45) is 5.92 Å². The van der Waals surface area contributed by atoms with Crippen molar-refractivity contribution in [1.82, 2.24) is 10.3 Å². The number of benzene rings is 1. The Bertz CT molecular complexity index is 756. The molecule has 0 aliphatic carbocycles. The van der Waals surface area contributed by atoms with Gasteiger partial charge >= 0.3 is 0 Å². The van der Waals surface area contributed by atoms with E-state index in [1.807, 2.05) is 30.5 Å². The summed E-state index contributed by atoms with van der Waals surface area (Å²) < 4.78 is 5.47. The molecule has 1 aliphatic rings. The van der Waals surface area contributed by atoms with Crippen molar-refractivity contribution in [2.45, 2.75) is 32.2 Å². The molecule has 3 rings (SSSR count). The van der Waals surface area contributed by atoms with E-state index in [0.29, 0.717) is 12.3 Å². The number of ether oxygens (including phenoxy) is 1. The molecular formula is C21H25N3O3. The Kier molecular flexibility index (Phi) is 6.54. The van der Waals surface area contributed by atoms with Crippen LogP contribution in [0.15, 0.2) is 48.8 Å². The van der Waals surface area contributed by atoms with Crippen molar-refractivity contribution in [3.8, 4) is 0 Å². The van der Waals surface area contributed by atoms with Gasteiger partial charge < -0.3 is 15.4 Å². The van der Waals surface area contributed by atoms with Crippen LogP contribution in [0.3, 0.4) is 0 Å². The molecule has 6 nitrogen and oxygen atoms in total. The van der Waals surface area contributed by atoms with Gasteiger partial charge in [-0.3, -0.25) is 14.6 Å². The third-order valence-corrected chi connectivity index (χ3v) is 4.74. The smallest absolute Gasteiger partial charge is 0.224 e. The lowest BCUT2D eigenvalue weighted by Crippen LogP contribution is -2.36. The van der Waals surface area contributed by atoms with Gasteiger partial charge in [0.1, 0.15) is 0 Å². The molecule has 1 atom stereocenters. The van der Waals surface area contributed by atoms with Gasteiger partial charge in [-0.25, -0.2) is 0 Å². The molecule has 2 heterocycles. The zero-order valence-corrected chi connectivity index (χ0v) is 15.5. The van der Waals surface area contributed by atoms with Crippen LogP contribution in [0.1, 0.15) is 36.9 Å². The van der Waals surface area contributed by atoms with Crippen molar-refractivity contribution < 1.29 is 14.3 Å². The molecule has 1 fully saturated rings. The van der Waals surface area contributed by atoms with Crippen molar-refractivity contribution >= 4 is 17.5 Å². The third-order valence-electron chi connectivity index (χ3n) is 4.74. The molecule has 0 bridgehead atoms. The predicted molar refractivity (Wildman–Crippen MR) is 103 cm³/mol. The summed E-state index contributed by atoms with van der Waals surface area (Å²) in [5, 5.41) is 5.92. The summed E-state index contributed by atoms with van der Waals surface area (Å²) in [5.41, 5.74) is 2.65. The fourth-order valence-electron chi connectivity index (χ4n) is 3.40. The Balaban J connectivity index is 1.66. The van der Waals surface area contributed by atoms with Crippen LogP contribution in [0, 0.1) is 5.92 Å². The van der Waals surface area contributed by atoms with Gasteiger partial charge in [0.25, 0.3) is 0 Å². The number of pyridine rings is 1. The monoisotopic (exact) mass is 367 g/mol. The topological polar surface area (TPSA) is 80.3 Å². The molecule has 0 saturated carbocycles. The van der Waals surface area contributed by atoms with Gasteiger partial charge in [0, 0.05) is 38.2 Å². The van der Waals surface area contributed by atoms with Crippen molar-refractivity contribution in [2.75, 3.05) is 18.5 Å². The summed E-state index contributed by atoms with van der Waals surface area (Å²) in [6.45, 7) is 2.92. The molecule has 0 spiro atoms. The number of nitrogens with one attached hydrogen (secondary N) is 2. The summed E-state index contributed by atoms with van der Waals surface area (Å²) in [6.07, 6.45) is 5.70. The van der Waals surface area contributed by atoms with Crippen molar-refractivity contribution in [3.05, 3.63) is 59.9 Å². The molecule has 1 aromatic carbocycles. The maximum atomic E-state index is 12.7. The SMILES string of the molecule is CC(=O)Nc1ccc(CC(=O)N[C@H](c2cccnc2)C2CCOCC2)cc1. The summed E-state index contributed by atoms with van der Waals surface area (Å²) in [4.78, 5) is 28.0. The normalized spacial score (nSPS) is 15.7. The first-order chi connectivity index (χ1) is 13.1. The van der Waals surface area contributed by atoms with Gasteiger partial charge in [-0.2, -0.15) is 0 Å². The molecule has 0 radical (unpaired) electrons. The van der Waals surface area contributed by atoms with Crippen LogP contribution in [0.4, 0.5) is 5.69 Å². The van der Waals surface area contributed by atoms with E-state index < -0.39 is 0 Å². The predicted octanol–water partition coefficient (Wildman–Crippen LogP) is 2.87. The Morgan fingerprint density at radius 3 is 2.56 bits per heavy atom. The van der Waals surface area contributed by atoms with Gasteiger partial charge in [-0.05, 0) is 48.1 Å². The van der Waals surface area contributed by atoms with Gasteiger partial charge in [-0.1, -0.05) is 18.2 Å². The first-order valence-electron chi connectivity index (χ1n) is 9.25. The molecule has 1 aliphatic heterocycles. The molecule has 6 heteroatoms. The molecule has 0 unspecified atom stereocenters. The standard InChI is InChI=1S/C21H25N3O3/c1-15(25)23-19-6-4-16(5-7-19)13-20(26)24-21(17-8-11-27-12-9-17)18-3-2-10-22-14-18/h2-7,10,14,17,21H,8-9,11-13H2,1H3,(H,23,25)(H,24,26)/t21-/m0/s1. The second kappa shape index (κ2) is 9.28. The van der Waals surface area contributed by atoms with Crippen LogP contribution < -0.4 is 10.6 Å². The van der Waals surface area contributed by atoms with Crippen LogP contribution in [-0.2, 0) is 20.7 Å². The van der Waals surface area contributed by atoms with Crippen LogP contribution in [0.25, 0.3) is 0 Å². The summed E-state index contributed by atoms with van der Waals surface area (Å²) >= 11 is 0. The Labute approximate surface area is 159 Å². The van der Waals surface area contributed by atoms with E-state index >= 15 is 0 Å². The van der Waals surface area contributed by atoms with Crippen LogP contribution >= 0.6 is 0 Å². The minimum Gasteiger partial charge on any atom is -0.381 e. The van der Waals surface area contributed by atoms with Gasteiger partial charge in [0.15, 0.2) is 0 Å². The highest BCUT2D eigenvalue weighted by Crippen LogP contribution is 2.29. The molecule has 2 amide bonds. The van der Waals surface area contributed by atoms with Crippen molar-refractivity contribution in [3.63, 3.8) is 0 Å². The second-order valence-electron chi connectivity index (χ2n) is 6.84. The van der Waals surface area contributed by atoms with Gasteiger partial charge in [0.2, 0.25) is 11.8 Å². The number of carbonyl (C=O) groups excluding carboxylic acids is 2. The minimum atomic E-state index is -0.115. The fourth-order valence-corrected chi connectivity index (χ4v) is 3.40. The van der Waals surface area contributed by atoms with E-state index in [1.54, 1.807) is 18.3 Å².